The van der Waals surface area contributed by atoms with Crippen molar-refractivity contribution in [3.63, 3.8) is 0 Å². The number of aliphatic hydroxyl groups excluding tert-OH is 1. The van der Waals surface area contributed by atoms with Gasteiger partial charge in [0.1, 0.15) is 0 Å². The van der Waals surface area contributed by atoms with Crippen LogP contribution in [0.3, 0.4) is 0 Å². The molecule has 1 amide bonds. The van der Waals surface area contributed by atoms with Crippen LogP contribution < -0.4 is 5.32 Å². The zero-order chi connectivity index (χ0) is 21.1. The number of carbonyl (C=O) groups excluding carboxylic acids is 1. The first-order valence-corrected chi connectivity index (χ1v) is 12.2. The molecule has 0 aromatic rings. The van der Waals surface area contributed by atoms with Gasteiger partial charge in [-0.25, -0.2) is 4.57 Å². The summed E-state index contributed by atoms with van der Waals surface area (Å²) in [6.07, 6.45) is 18.1. The molecule has 1 unspecified atom stereocenters. The predicted molar refractivity (Wildman–Crippen MR) is 112 cm³/mol. The average Bonchev–Trinajstić information content (AvgIpc) is 2.64. The summed E-state index contributed by atoms with van der Waals surface area (Å²) < 4.78 is 14.7. The summed E-state index contributed by atoms with van der Waals surface area (Å²) in [5.74, 6) is -0.167. The largest absolute Gasteiger partial charge is 0.469 e. The second kappa shape index (κ2) is 18.3. The number of carbonyl (C=O) groups is 1. The maximum atomic E-state index is 11.6. The summed E-state index contributed by atoms with van der Waals surface area (Å²) in [4.78, 5) is 28.7. The van der Waals surface area contributed by atoms with Crippen molar-refractivity contribution in [2.45, 2.75) is 96.5 Å². The van der Waals surface area contributed by atoms with Crippen molar-refractivity contribution in [2.75, 3.05) is 13.2 Å². The van der Waals surface area contributed by atoms with E-state index in [1.54, 1.807) is 0 Å². The number of phosphoric acid groups is 1. The lowest BCUT2D eigenvalue weighted by Crippen LogP contribution is -2.34. The van der Waals surface area contributed by atoms with Crippen LogP contribution in [-0.2, 0) is 13.9 Å². The smallest absolute Gasteiger partial charge is 0.389 e. The fraction of sp³-hybridized carbons (Fsp3) is 0.850. The van der Waals surface area contributed by atoms with Crippen LogP contribution in [-0.4, -0.2) is 40.1 Å². The Balaban J connectivity index is 3.38. The van der Waals surface area contributed by atoms with Crippen molar-refractivity contribution in [3.05, 3.63) is 12.2 Å². The van der Waals surface area contributed by atoms with Crippen LogP contribution in [0.4, 0.5) is 0 Å². The highest BCUT2D eigenvalue weighted by molar-refractivity contribution is 7.46. The van der Waals surface area contributed by atoms with E-state index < -0.39 is 20.5 Å². The number of allylic oxidation sites excluding steroid dienone is 2. The zero-order valence-corrected chi connectivity index (χ0v) is 18.2. The molecule has 0 aliphatic carbocycles. The van der Waals surface area contributed by atoms with Crippen molar-refractivity contribution < 1.29 is 28.8 Å². The molecule has 1 atom stereocenters. The molecule has 28 heavy (non-hydrogen) atoms. The van der Waals surface area contributed by atoms with Gasteiger partial charge in [0.15, 0.2) is 0 Å². The summed E-state index contributed by atoms with van der Waals surface area (Å²) >= 11 is 0. The number of aliphatic hydroxyl groups is 1. The molecular weight excluding hydrogens is 381 g/mol. The van der Waals surface area contributed by atoms with E-state index in [2.05, 4.69) is 28.9 Å². The van der Waals surface area contributed by atoms with Crippen LogP contribution in [0.25, 0.3) is 0 Å². The van der Waals surface area contributed by atoms with Crippen molar-refractivity contribution in [3.8, 4) is 0 Å². The highest BCUT2D eigenvalue weighted by atomic mass is 31.2. The minimum absolute atomic E-state index is 0.0784. The number of hydrogen-bond acceptors (Lipinski definition) is 4. The molecule has 0 aromatic carbocycles. The minimum Gasteiger partial charge on any atom is -0.389 e. The Morgan fingerprint density at radius 3 is 2.07 bits per heavy atom. The van der Waals surface area contributed by atoms with Crippen molar-refractivity contribution in [1.29, 1.82) is 0 Å². The number of unbranched alkanes of at least 4 members (excludes halogenated alkanes) is 10. The topological polar surface area (TPSA) is 116 Å². The third kappa shape index (κ3) is 21.6. The van der Waals surface area contributed by atoms with Gasteiger partial charge in [0, 0.05) is 13.0 Å². The maximum Gasteiger partial charge on any atom is 0.469 e. The molecule has 0 radical (unpaired) electrons. The van der Waals surface area contributed by atoms with Crippen LogP contribution in [0, 0.1) is 0 Å². The van der Waals surface area contributed by atoms with Crippen LogP contribution in [0.5, 0.6) is 0 Å². The molecule has 0 bridgehead atoms. The molecule has 0 saturated heterocycles. The first kappa shape index (κ1) is 27.3. The van der Waals surface area contributed by atoms with E-state index in [0.29, 0.717) is 6.42 Å². The monoisotopic (exact) mass is 421 g/mol. The molecule has 8 heteroatoms. The Bertz CT molecular complexity index is 452. The van der Waals surface area contributed by atoms with Gasteiger partial charge in [0.05, 0.1) is 12.7 Å². The van der Waals surface area contributed by atoms with Gasteiger partial charge in [-0.3, -0.25) is 9.32 Å². The Morgan fingerprint density at radius 2 is 1.50 bits per heavy atom. The third-order valence-electron chi connectivity index (χ3n) is 4.39. The number of nitrogens with one attached hydrogen (secondary N) is 1. The molecule has 0 aliphatic heterocycles. The van der Waals surface area contributed by atoms with Crippen LogP contribution in [0.2, 0.25) is 0 Å². The lowest BCUT2D eigenvalue weighted by atomic mass is 10.1. The summed E-state index contributed by atoms with van der Waals surface area (Å²) in [5, 5.41) is 12.0. The van der Waals surface area contributed by atoms with Crippen LogP contribution in [0.15, 0.2) is 12.2 Å². The third-order valence-corrected chi connectivity index (χ3v) is 4.87. The van der Waals surface area contributed by atoms with Crippen molar-refractivity contribution in [2.24, 2.45) is 0 Å². The fourth-order valence-electron chi connectivity index (χ4n) is 2.74. The number of amides is 1. The van der Waals surface area contributed by atoms with Crippen molar-refractivity contribution >= 4 is 13.7 Å². The second-order valence-corrected chi connectivity index (χ2v) is 8.46. The van der Waals surface area contributed by atoms with E-state index in [1.165, 1.54) is 51.4 Å². The van der Waals surface area contributed by atoms with Gasteiger partial charge in [0.2, 0.25) is 5.91 Å². The Morgan fingerprint density at radius 1 is 0.964 bits per heavy atom. The SMILES string of the molecule is CCCCCC/C=C\CCCCCCCCC(=O)NCC(O)COP(=O)(O)O. The summed E-state index contributed by atoms with van der Waals surface area (Å²) in [6.45, 7) is 1.64. The van der Waals surface area contributed by atoms with E-state index >= 15 is 0 Å². The van der Waals surface area contributed by atoms with Gasteiger partial charge in [0.25, 0.3) is 0 Å². The lowest BCUT2D eigenvalue weighted by Gasteiger charge is -2.12. The molecule has 4 N–H and O–H groups in total. The van der Waals surface area contributed by atoms with E-state index in [-0.39, 0.29) is 12.5 Å². The molecule has 0 rings (SSSR count). The highest BCUT2D eigenvalue weighted by Gasteiger charge is 2.17. The second-order valence-electron chi connectivity index (χ2n) is 7.22. The fourth-order valence-corrected chi connectivity index (χ4v) is 3.11. The zero-order valence-electron chi connectivity index (χ0n) is 17.4. The molecule has 7 nitrogen and oxygen atoms in total. The Hall–Kier alpha value is -0.720. The van der Waals surface area contributed by atoms with Gasteiger partial charge < -0.3 is 20.2 Å². The van der Waals surface area contributed by atoms with E-state index in [4.69, 9.17) is 9.79 Å². The maximum absolute atomic E-state index is 11.6. The molecule has 0 spiro atoms. The van der Waals surface area contributed by atoms with E-state index in [9.17, 15) is 14.5 Å². The number of rotatable bonds is 19. The van der Waals surface area contributed by atoms with Gasteiger partial charge >= 0.3 is 7.82 Å². The predicted octanol–water partition coefficient (Wildman–Crippen LogP) is 4.22. The number of hydrogen-bond donors (Lipinski definition) is 4. The number of phosphoric ester groups is 1. The first-order valence-electron chi connectivity index (χ1n) is 10.6. The van der Waals surface area contributed by atoms with Crippen LogP contribution >= 0.6 is 7.82 Å². The Labute approximate surface area is 170 Å². The Kier molecular flexibility index (Phi) is 17.8. The van der Waals surface area contributed by atoms with Crippen molar-refractivity contribution in [1.82, 2.24) is 5.32 Å². The molecule has 0 aromatic heterocycles. The van der Waals surface area contributed by atoms with E-state index in [1.807, 2.05) is 0 Å². The standard InChI is InChI=1S/C20H40NO6P/c1-2-3-4-5-6-7-8-9-10-11-12-13-14-15-16-20(23)21-17-19(22)18-27-28(24,25)26/h7-8,19,22H,2-6,9-18H2,1H3,(H,21,23)(H2,24,25,26)/b8-7-. The summed E-state index contributed by atoms with van der Waals surface area (Å²) in [5.41, 5.74) is 0. The molecule has 0 fully saturated rings. The normalized spacial score (nSPS) is 13.1. The van der Waals surface area contributed by atoms with Gasteiger partial charge in [-0.15, -0.1) is 0 Å². The minimum atomic E-state index is -4.59. The molecule has 0 saturated carbocycles. The van der Waals surface area contributed by atoms with Gasteiger partial charge in [-0.05, 0) is 32.1 Å². The molecular formula is C20H40NO6P. The quantitative estimate of drug-likeness (QED) is 0.141. The highest BCUT2D eigenvalue weighted by Crippen LogP contribution is 2.35. The molecule has 0 aliphatic rings. The first-order chi connectivity index (χ1) is 13.3. The molecule has 0 heterocycles. The summed E-state index contributed by atoms with van der Waals surface area (Å²) in [6, 6.07) is 0. The average molecular weight is 422 g/mol. The van der Waals surface area contributed by atoms with Crippen LogP contribution in [0.1, 0.15) is 90.4 Å². The lowest BCUT2D eigenvalue weighted by molar-refractivity contribution is -0.121. The van der Waals surface area contributed by atoms with E-state index in [0.717, 1.165) is 25.7 Å². The van der Waals surface area contributed by atoms with Gasteiger partial charge in [-0.1, -0.05) is 64.0 Å². The molecule has 166 valence electrons. The van der Waals surface area contributed by atoms with Gasteiger partial charge in [-0.2, -0.15) is 0 Å². The summed E-state index contributed by atoms with van der Waals surface area (Å²) in [7, 11) is -4.59.